The summed E-state index contributed by atoms with van der Waals surface area (Å²) in [5.41, 5.74) is -5.72. The molecule has 0 saturated heterocycles. The molecule has 0 bridgehead atoms. The number of alkyl halides is 3. The molecule has 0 N–H and O–H groups in total. The molecule has 0 spiro atoms. The molecule has 2 rings (SSSR count). The summed E-state index contributed by atoms with van der Waals surface area (Å²) >= 11 is 0. The number of aryl methyl sites for hydroxylation is 1. The Morgan fingerprint density at radius 2 is 1.81 bits per heavy atom. The number of aromatic nitrogens is 1. The Hall–Kier alpha value is -2.34. The number of halogens is 3. The predicted octanol–water partition coefficient (Wildman–Crippen LogP) is 2.64. The normalized spacial score (nSPS) is 12.1. The van der Waals surface area contributed by atoms with Gasteiger partial charge in [0, 0.05) is 16.5 Å². The molecule has 0 saturated carbocycles. The molecule has 110 valence electrons. The van der Waals surface area contributed by atoms with Crippen molar-refractivity contribution in [3.63, 3.8) is 0 Å². The van der Waals surface area contributed by atoms with Crippen LogP contribution in [0, 0.1) is 18.3 Å². The van der Waals surface area contributed by atoms with Crippen molar-refractivity contribution in [2.24, 2.45) is 0 Å². The second-order valence-corrected chi connectivity index (χ2v) is 5.56. The first kappa shape index (κ1) is 15.1. The van der Waals surface area contributed by atoms with Crippen LogP contribution in [0.15, 0.2) is 24.3 Å². The Labute approximate surface area is 117 Å². The molecule has 2 aromatic rings. The number of benzene rings is 1. The molecule has 0 fully saturated rings. The Morgan fingerprint density at radius 3 is 2.33 bits per heavy atom. The SMILES string of the molecule is Cc1nc(OS(=O)(=O)C(F)(F)F)c(C#N)c2ccccc12. The van der Waals surface area contributed by atoms with Crippen molar-refractivity contribution >= 4 is 20.9 Å². The van der Waals surface area contributed by atoms with Crippen LogP contribution in [-0.2, 0) is 10.1 Å². The summed E-state index contributed by atoms with van der Waals surface area (Å²) in [4.78, 5) is 3.65. The van der Waals surface area contributed by atoms with Crippen LogP contribution in [0.5, 0.6) is 5.88 Å². The first-order valence-electron chi connectivity index (χ1n) is 5.47. The maximum atomic E-state index is 12.3. The largest absolute Gasteiger partial charge is 0.534 e. The number of hydrogen-bond acceptors (Lipinski definition) is 5. The van der Waals surface area contributed by atoms with Crippen LogP contribution >= 0.6 is 0 Å². The zero-order valence-electron chi connectivity index (χ0n) is 10.5. The van der Waals surface area contributed by atoms with Gasteiger partial charge in [-0.1, -0.05) is 24.3 Å². The molecule has 1 aromatic heterocycles. The van der Waals surface area contributed by atoms with Crippen molar-refractivity contribution < 1.29 is 25.8 Å². The predicted molar refractivity (Wildman–Crippen MR) is 66.8 cm³/mol. The molecule has 1 aromatic carbocycles. The van der Waals surface area contributed by atoms with Crippen molar-refractivity contribution in [3.05, 3.63) is 35.5 Å². The topological polar surface area (TPSA) is 80.0 Å². The number of nitriles is 1. The van der Waals surface area contributed by atoms with Gasteiger partial charge < -0.3 is 4.18 Å². The summed E-state index contributed by atoms with van der Waals surface area (Å²) in [5.74, 6) is -0.883. The number of hydrogen-bond donors (Lipinski definition) is 0. The van der Waals surface area contributed by atoms with Crippen molar-refractivity contribution in [1.29, 1.82) is 5.26 Å². The summed E-state index contributed by atoms with van der Waals surface area (Å²) < 4.78 is 63.1. The highest BCUT2D eigenvalue weighted by atomic mass is 32.2. The number of rotatable bonds is 2. The molecule has 9 heteroatoms. The van der Waals surface area contributed by atoms with Gasteiger partial charge >= 0.3 is 15.6 Å². The Bertz CT molecular complexity index is 854. The quantitative estimate of drug-likeness (QED) is 0.628. The lowest BCUT2D eigenvalue weighted by molar-refractivity contribution is -0.0501. The van der Waals surface area contributed by atoms with E-state index in [9.17, 15) is 21.6 Å². The lowest BCUT2D eigenvalue weighted by atomic mass is 10.1. The summed E-state index contributed by atoms with van der Waals surface area (Å²) in [6.45, 7) is 1.47. The fraction of sp³-hybridized carbons (Fsp3) is 0.167. The fourth-order valence-electron chi connectivity index (χ4n) is 1.72. The monoisotopic (exact) mass is 316 g/mol. The fourth-order valence-corrected chi connectivity index (χ4v) is 2.14. The molecule has 0 unspecified atom stereocenters. The second kappa shape index (κ2) is 4.89. The van der Waals surface area contributed by atoms with Gasteiger partial charge in [-0.2, -0.15) is 26.9 Å². The zero-order valence-corrected chi connectivity index (χ0v) is 11.3. The Morgan fingerprint density at radius 1 is 1.24 bits per heavy atom. The number of pyridine rings is 1. The van der Waals surface area contributed by atoms with Gasteiger partial charge in [-0.15, -0.1) is 0 Å². The van der Waals surface area contributed by atoms with E-state index in [1.165, 1.54) is 13.0 Å². The van der Waals surface area contributed by atoms with E-state index in [0.717, 1.165) is 0 Å². The third-order valence-electron chi connectivity index (χ3n) is 2.65. The smallest absolute Gasteiger partial charge is 0.354 e. The molecular formula is C12H7F3N2O3S. The van der Waals surface area contributed by atoms with Crippen LogP contribution in [0.25, 0.3) is 10.8 Å². The summed E-state index contributed by atoms with van der Waals surface area (Å²) in [5, 5.41) is 9.84. The maximum absolute atomic E-state index is 12.3. The van der Waals surface area contributed by atoms with E-state index >= 15 is 0 Å². The minimum absolute atomic E-state index is 0.247. The molecule has 0 aliphatic rings. The van der Waals surface area contributed by atoms with E-state index < -0.39 is 21.5 Å². The van der Waals surface area contributed by atoms with Gasteiger partial charge in [0.05, 0.1) is 0 Å². The minimum Gasteiger partial charge on any atom is -0.354 e. The molecular weight excluding hydrogens is 309 g/mol. The number of nitrogens with zero attached hydrogens (tertiary/aromatic N) is 2. The molecule has 1 heterocycles. The molecule has 0 aliphatic heterocycles. The molecule has 21 heavy (non-hydrogen) atoms. The van der Waals surface area contributed by atoms with Gasteiger partial charge in [0.2, 0.25) is 0 Å². The summed E-state index contributed by atoms with van der Waals surface area (Å²) in [6, 6.07) is 7.92. The molecule has 0 radical (unpaired) electrons. The Balaban J connectivity index is 2.69. The van der Waals surface area contributed by atoms with Gasteiger partial charge in [0.15, 0.2) is 0 Å². The Kier molecular flexibility index (Phi) is 3.51. The second-order valence-electron chi connectivity index (χ2n) is 4.02. The van der Waals surface area contributed by atoms with Crippen molar-refractivity contribution in [3.8, 4) is 11.9 Å². The highest BCUT2D eigenvalue weighted by molar-refractivity contribution is 7.87. The van der Waals surface area contributed by atoms with Crippen molar-refractivity contribution in [1.82, 2.24) is 4.98 Å². The van der Waals surface area contributed by atoms with E-state index in [1.807, 2.05) is 0 Å². The van der Waals surface area contributed by atoms with Gasteiger partial charge in [-0.25, -0.2) is 4.98 Å². The van der Waals surface area contributed by atoms with Crippen LogP contribution in [0.1, 0.15) is 11.3 Å². The standard InChI is InChI=1S/C12H7F3N2O3S/c1-7-8-4-2-3-5-9(8)10(6-16)11(17-7)20-21(18,19)12(13,14)15/h2-5H,1H3. The summed E-state index contributed by atoms with van der Waals surface area (Å²) in [6.07, 6.45) is 0. The molecule has 0 amide bonds. The van der Waals surface area contributed by atoms with Crippen LogP contribution in [-0.4, -0.2) is 18.9 Å². The molecule has 0 atom stereocenters. The van der Waals surface area contributed by atoms with E-state index in [4.69, 9.17) is 5.26 Å². The number of fused-ring (bicyclic) bond motifs is 1. The maximum Gasteiger partial charge on any atom is 0.534 e. The average Bonchev–Trinajstić information content (AvgIpc) is 2.37. The van der Waals surface area contributed by atoms with E-state index in [0.29, 0.717) is 5.39 Å². The van der Waals surface area contributed by atoms with Crippen LogP contribution in [0.4, 0.5) is 13.2 Å². The van der Waals surface area contributed by atoms with Gasteiger partial charge in [0.25, 0.3) is 5.88 Å². The lowest BCUT2D eigenvalue weighted by Gasteiger charge is -2.12. The van der Waals surface area contributed by atoms with Crippen LogP contribution < -0.4 is 4.18 Å². The highest BCUT2D eigenvalue weighted by Gasteiger charge is 2.49. The molecule has 5 nitrogen and oxygen atoms in total. The zero-order chi connectivity index (χ0) is 15.8. The van der Waals surface area contributed by atoms with E-state index in [2.05, 4.69) is 9.17 Å². The van der Waals surface area contributed by atoms with E-state index in [-0.39, 0.29) is 16.6 Å². The third kappa shape index (κ3) is 2.62. The first-order chi connectivity index (χ1) is 9.67. The van der Waals surface area contributed by atoms with Crippen molar-refractivity contribution in [2.75, 3.05) is 0 Å². The molecule has 0 aliphatic carbocycles. The van der Waals surface area contributed by atoms with E-state index in [1.54, 1.807) is 24.3 Å². The highest BCUT2D eigenvalue weighted by Crippen LogP contribution is 2.31. The van der Waals surface area contributed by atoms with Gasteiger partial charge in [-0.3, -0.25) is 0 Å². The summed E-state index contributed by atoms with van der Waals surface area (Å²) in [7, 11) is -5.88. The van der Waals surface area contributed by atoms with Crippen molar-refractivity contribution in [2.45, 2.75) is 12.4 Å². The van der Waals surface area contributed by atoms with Crippen LogP contribution in [0.2, 0.25) is 0 Å². The lowest BCUT2D eigenvalue weighted by Crippen LogP contribution is -2.28. The minimum atomic E-state index is -5.88. The third-order valence-corrected chi connectivity index (χ3v) is 3.60. The first-order valence-corrected chi connectivity index (χ1v) is 6.88. The van der Waals surface area contributed by atoms with Gasteiger partial charge in [0.1, 0.15) is 11.6 Å². The average molecular weight is 316 g/mol. The van der Waals surface area contributed by atoms with Gasteiger partial charge in [-0.05, 0) is 6.92 Å². The van der Waals surface area contributed by atoms with Crippen LogP contribution in [0.3, 0.4) is 0 Å².